The Bertz CT molecular complexity index is 511. The summed E-state index contributed by atoms with van der Waals surface area (Å²) in [5.41, 5.74) is 0.332. The van der Waals surface area contributed by atoms with Crippen molar-refractivity contribution in [1.82, 2.24) is 5.32 Å². The topological polar surface area (TPSA) is 59.6 Å². The normalized spacial score (nSPS) is 17.5. The molecule has 2 rings (SSSR count). The molecule has 1 aromatic rings. The van der Waals surface area contributed by atoms with Crippen LogP contribution in [0.4, 0.5) is 19.3 Å². The maximum Gasteiger partial charge on any atom is 0.319 e. The third kappa shape index (κ3) is 5.31. The van der Waals surface area contributed by atoms with Crippen LogP contribution in [0.15, 0.2) is 18.2 Å². The van der Waals surface area contributed by atoms with Crippen molar-refractivity contribution in [3.05, 3.63) is 23.2 Å². The molecule has 0 bridgehead atoms. The van der Waals surface area contributed by atoms with Gasteiger partial charge in [-0.1, -0.05) is 11.6 Å². The van der Waals surface area contributed by atoms with E-state index in [2.05, 4.69) is 10.6 Å². The van der Waals surface area contributed by atoms with E-state index >= 15 is 0 Å². The van der Waals surface area contributed by atoms with Crippen LogP contribution in [0.1, 0.15) is 6.42 Å². The Hall–Kier alpha value is -1.60. The van der Waals surface area contributed by atoms with Gasteiger partial charge in [-0.2, -0.15) is 0 Å². The van der Waals surface area contributed by atoms with E-state index in [4.69, 9.17) is 21.1 Å². The van der Waals surface area contributed by atoms with Gasteiger partial charge in [-0.05, 0) is 24.6 Å². The second kappa shape index (κ2) is 8.14. The molecule has 1 aliphatic heterocycles. The summed E-state index contributed by atoms with van der Waals surface area (Å²) in [6, 6.07) is 4.02. The second-order valence-corrected chi connectivity index (χ2v) is 5.34. The van der Waals surface area contributed by atoms with Gasteiger partial charge in [-0.3, -0.25) is 0 Å². The zero-order valence-corrected chi connectivity index (χ0v) is 12.5. The predicted molar refractivity (Wildman–Crippen MR) is 78.9 cm³/mol. The van der Waals surface area contributed by atoms with Gasteiger partial charge in [0.25, 0.3) is 6.43 Å². The van der Waals surface area contributed by atoms with Crippen molar-refractivity contribution in [2.45, 2.75) is 12.8 Å². The molecular weight excluding hydrogens is 318 g/mol. The van der Waals surface area contributed by atoms with Crippen LogP contribution in [0.5, 0.6) is 5.75 Å². The molecule has 0 saturated carbocycles. The Morgan fingerprint density at radius 1 is 1.50 bits per heavy atom. The largest absolute Gasteiger partial charge is 0.491 e. The number of rotatable bonds is 6. The van der Waals surface area contributed by atoms with Crippen molar-refractivity contribution in [3.63, 3.8) is 0 Å². The molecule has 2 N–H and O–H groups in total. The number of ether oxygens (including phenoxy) is 2. The van der Waals surface area contributed by atoms with E-state index < -0.39 is 19.0 Å². The summed E-state index contributed by atoms with van der Waals surface area (Å²) in [7, 11) is 0. The van der Waals surface area contributed by atoms with E-state index in [1.807, 2.05) is 0 Å². The number of carbonyl (C=O) groups is 1. The molecule has 1 aliphatic rings. The van der Waals surface area contributed by atoms with Crippen molar-refractivity contribution in [3.8, 4) is 5.75 Å². The molecule has 1 saturated heterocycles. The predicted octanol–water partition coefficient (Wildman–Crippen LogP) is 3.14. The van der Waals surface area contributed by atoms with Crippen LogP contribution < -0.4 is 15.4 Å². The molecule has 1 atom stereocenters. The van der Waals surface area contributed by atoms with Crippen LogP contribution in [-0.4, -0.2) is 38.8 Å². The fourth-order valence-corrected chi connectivity index (χ4v) is 2.16. The van der Waals surface area contributed by atoms with Crippen LogP contribution in [0.2, 0.25) is 5.02 Å². The standard InChI is InChI=1S/C14H17ClF2N2O3/c15-10-1-2-12(22-8-9-3-4-21-7-9)11(5-10)19-14(20)18-6-13(16)17/h1-2,5,9,13H,3-4,6-8H2,(H2,18,19,20)/t9-/m0/s1. The minimum Gasteiger partial charge on any atom is -0.491 e. The highest BCUT2D eigenvalue weighted by molar-refractivity contribution is 6.31. The van der Waals surface area contributed by atoms with E-state index in [0.717, 1.165) is 13.0 Å². The Kier molecular flexibility index (Phi) is 6.21. The number of alkyl halides is 2. The first-order chi connectivity index (χ1) is 10.5. The van der Waals surface area contributed by atoms with Gasteiger partial charge in [0.15, 0.2) is 0 Å². The number of hydrogen-bond acceptors (Lipinski definition) is 3. The lowest BCUT2D eigenvalue weighted by Crippen LogP contribution is -2.32. The van der Waals surface area contributed by atoms with Crippen LogP contribution in [0, 0.1) is 5.92 Å². The maximum atomic E-state index is 12.1. The number of carbonyl (C=O) groups excluding carboxylic acids is 1. The Balaban J connectivity index is 1.95. The van der Waals surface area contributed by atoms with Gasteiger partial charge in [0.05, 0.1) is 25.4 Å². The summed E-state index contributed by atoms with van der Waals surface area (Å²) in [6.45, 7) is 1.10. The van der Waals surface area contributed by atoms with Crippen LogP contribution in [0.25, 0.3) is 0 Å². The van der Waals surface area contributed by atoms with Gasteiger partial charge in [-0.15, -0.1) is 0 Å². The minimum atomic E-state index is -2.61. The van der Waals surface area contributed by atoms with Crippen molar-refractivity contribution in [1.29, 1.82) is 0 Å². The van der Waals surface area contributed by atoms with E-state index in [9.17, 15) is 13.6 Å². The molecule has 0 unspecified atom stereocenters. The third-order valence-corrected chi connectivity index (χ3v) is 3.34. The lowest BCUT2D eigenvalue weighted by molar-refractivity contribution is 0.148. The number of nitrogens with one attached hydrogen (secondary N) is 2. The third-order valence-electron chi connectivity index (χ3n) is 3.11. The highest BCUT2D eigenvalue weighted by Crippen LogP contribution is 2.29. The summed E-state index contributed by atoms with van der Waals surface area (Å²) < 4.78 is 35.1. The van der Waals surface area contributed by atoms with Gasteiger partial charge in [0.2, 0.25) is 0 Å². The van der Waals surface area contributed by atoms with E-state index in [1.54, 1.807) is 12.1 Å². The summed E-state index contributed by atoms with van der Waals surface area (Å²) in [5, 5.41) is 4.92. The average molecular weight is 335 g/mol. The summed E-state index contributed by atoms with van der Waals surface area (Å²) >= 11 is 5.89. The molecule has 5 nitrogen and oxygen atoms in total. The lowest BCUT2D eigenvalue weighted by atomic mass is 10.1. The minimum absolute atomic E-state index is 0.302. The molecule has 0 spiro atoms. The average Bonchev–Trinajstić information content (AvgIpc) is 2.97. The molecule has 2 amide bonds. The zero-order chi connectivity index (χ0) is 15.9. The van der Waals surface area contributed by atoms with Crippen LogP contribution in [-0.2, 0) is 4.74 Å². The number of hydrogen-bond donors (Lipinski definition) is 2. The fraction of sp³-hybridized carbons (Fsp3) is 0.500. The fourth-order valence-electron chi connectivity index (χ4n) is 1.98. The van der Waals surface area contributed by atoms with Gasteiger partial charge < -0.3 is 20.1 Å². The summed E-state index contributed by atoms with van der Waals surface area (Å²) in [6.07, 6.45) is -1.69. The first kappa shape index (κ1) is 16.8. The number of benzene rings is 1. The highest BCUT2D eigenvalue weighted by atomic mass is 35.5. The van der Waals surface area contributed by atoms with Crippen molar-refractivity contribution < 1.29 is 23.0 Å². The first-order valence-corrected chi connectivity index (χ1v) is 7.25. The molecule has 0 radical (unpaired) electrons. The van der Waals surface area contributed by atoms with Crippen molar-refractivity contribution in [2.75, 3.05) is 31.7 Å². The summed E-state index contributed by atoms with van der Waals surface area (Å²) in [5.74, 6) is 0.736. The van der Waals surface area contributed by atoms with Gasteiger partial charge in [-0.25, -0.2) is 13.6 Å². The van der Waals surface area contributed by atoms with E-state index in [1.165, 1.54) is 6.07 Å². The van der Waals surface area contributed by atoms with Crippen molar-refractivity contribution >= 4 is 23.3 Å². The molecule has 1 heterocycles. The van der Waals surface area contributed by atoms with E-state index in [-0.39, 0.29) is 0 Å². The van der Waals surface area contributed by atoms with Crippen LogP contribution in [0.3, 0.4) is 0 Å². The van der Waals surface area contributed by atoms with Crippen LogP contribution >= 0.6 is 11.6 Å². The molecule has 0 aromatic heterocycles. The van der Waals surface area contributed by atoms with Gasteiger partial charge >= 0.3 is 6.03 Å². The molecule has 22 heavy (non-hydrogen) atoms. The number of urea groups is 1. The second-order valence-electron chi connectivity index (χ2n) is 4.91. The Labute approximate surface area is 131 Å². The SMILES string of the molecule is O=C(NCC(F)F)Nc1cc(Cl)ccc1OC[C@H]1CCOC1. The van der Waals surface area contributed by atoms with Crippen molar-refractivity contribution in [2.24, 2.45) is 5.92 Å². The lowest BCUT2D eigenvalue weighted by Gasteiger charge is -2.15. The van der Waals surface area contributed by atoms with E-state index in [0.29, 0.717) is 35.6 Å². The van der Waals surface area contributed by atoms with Gasteiger partial charge in [0.1, 0.15) is 5.75 Å². The zero-order valence-electron chi connectivity index (χ0n) is 11.8. The molecule has 122 valence electrons. The summed E-state index contributed by atoms with van der Waals surface area (Å²) in [4.78, 5) is 11.6. The maximum absolute atomic E-state index is 12.1. The molecule has 8 heteroatoms. The first-order valence-electron chi connectivity index (χ1n) is 6.87. The highest BCUT2D eigenvalue weighted by Gasteiger charge is 2.17. The Morgan fingerprint density at radius 3 is 3.00 bits per heavy atom. The molecule has 1 fully saturated rings. The Morgan fingerprint density at radius 2 is 2.32 bits per heavy atom. The van der Waals surface area contributed by atoms with Gasteiger partial charge in [0, 0.05) is 17.5 Å². The smallest absolute Gasteiger partial charge is 0.319 e. The monoisotopic (exact) mass is 334 g/mol. The number of halogens is 3. The number of anilines is 1. The quantitative estimate of drug-likeness (QED) is 0.840. The molecular formula is C14H17ClF2N2O3. The number of amides is 2. The molecule has 1 aromatic carbocycles. The molecule has 0 aliphatic carbocycles.